The monoisotopic (exact) mass is 323 g/mol. The highest BCUT2D eigenvalue weighted by Gasteiger charge is 2.35. The lowest BCUT2D eigenvalue weighted by Crippen LogP contribution is -2.40. The summed E-state index contributed by atoms with van der Waals surface area (Å²) in [6.45, 7) is -0.0724. The molecule has 0 saturated heterocycles. The minimum absolute atomic E-state index is 0.0724. The third-order valence-corrected chi connectivity index (χ3v) is 3.29. The highest BCUT2D eigenvalue weighted by molar-refractivity contribution is 5.95. The van der Waals surface area contributed by atoms with Crippen LogP contribution in [-0.2, 0) is 11.0 Å². The van der Waals surface area contributed by atoms with Gasteiger partial charge in [0.15, 0.2) is 11.5 Å². The molecule has 0 bridgehead atoms. The molecule has 1 amide bonds. The van der Waals surface area contributed by atoms with E-state index in [4.69, 9.17) is 9.47 Å². The SMILES string of the molecule is O=C(Nc1ccccc1C(F)(F)F)[C@H]1COc2ccccc2O1. The van der Waals surface area contributed by atoms with Crippen molar-refractivity contribution in [2.45, 2.75) is 12.3 Å². The molecule has 0 aromatic heterocycles. The van der Waals surface area contributed by atoms with Crippen LogP contribution < -0.4 is 14.8 Å². The van der Waals surface area contributed by atoms with E-state index in [1.54, 1.807) is 24.3 Å². The van der Waals surface area contributed by atoms with Crippen molar-refractivity contribution in [2.75, 3.05) is 11.9 Å². The summed E-state index contributed by atoms with van der Waals surface area (Å²) in [6.07, 6.45) is -5.58. The van der Waals surface area contributed by atoms with Gasteiger partial charge in [0.2, 0.25) is 6.10 Å². The smallest absolute Gasteiger partial charge is 0.418 e. The number of ether oxygens (including phenoxy) is 2. The second-order valence-corrected chi connectivity index (χ2v) is 4.90. The Balaban J connectivity index is 1.76. The molecule has 0 unspecified atom stereocenters. The Labute approximate surface area is 129 Å². The molecule has 3 rings (SSSR count). The van der Waals surface area contributed by atoms with Crippen molar-refractivity contribution in [1.82, 2.24) is 0 Å². The molecule has 1 N–H and O–H groups in total. The minimum atomic E-state index is -4.56. The zero-order valence-corrected chi connectivity index (χ0v) is 11.8. The number of nitrogens with one attached hydrogen (secondary N) is 1. The van der Waals surface area contributed by atoms with Crippen LogP contribution in [-0.4, -0.2) is 18.6 Å². The maximum absolute atomic E-state index is 12.9. The van der Waals surface area contributed by atoms with Crippen LogP contribution in [0.2, 0.25) is 0 Å². The number of fused-ring (bicyclic) bond motifs is 1. The Morgan fingerprint density at radius 1 is 1.04 bits per heavy atom. The molecule has 1 atom stereocenters. The van der Waals surface area contributed by atoms with Crippen molar-refractivity contribution in [3.8, 4) is 11.5 Å². The number of hydrogen-bond donors (Lipinski definition) is 1. The van der Waals surface area contributed by atoms with E-state index in [0.29, 0.717) is 11.5 Å². The molecular formula is C16H12F3NO3. The maximum atomic E-state index is 12.9. The van der Waals surface area contributed by atoms with Gasteiger partial charge in [-0.1, -0.05) is 24.3 Å². The fourth-order valence-corrected chi connectivity index (χ4v) is 2.20. The van der Waals surface area contributed by atoms with Gasteiger partial charge in [-0.15, -0.1) is 0 Å². The van der Waals surface area contributed by atoms with Gasteiger partial charge in [-0.3, -0.25) is 4.79 Å². The summed E-state index contributed by atoms with van der Waals surface area (Å²) in [5.74, 6) is 0.173. The first-order valence-corrected chi connectivity index (χ1v) is 6.81. The standard InChI is InChI=1S/C16H12F3NO3/c17-16(18,19)10-5-1-2-6-11(10)20-15(21)14-9-22-12-7-3-4-8-13(12)23-14/h1-8,14H,9H2,(H,20,21)/t14-/m1/s1. The summed E-state index contributed by atoms with van der Waals surface area (Å²) < 4.78 is 49.7. The average Bonchev–Trinajstić information content (AvgIpc) is 2.54. The summed E-state index contributed by atoms with van der Waals surface area (Å²) in [6, 6.07) is 11.5. The summed E-state index contributed by atoms with van der Waals surface area (Å²) in [5.41, 5.74) is -1.22. The van der Waals surface area contributed by atoms with Gasteiger partial charge < -0.3 is 14.8 Å². The van der Waals surface area contributed by atoms with Crippen LogP contribution >= 0.6 is 0 Å². The van der Waals surface area contributed by atoms with Crippen LogP contribution in [0.15, 0.2) is 48.5 Å². The Hall–Kier alpha value is -2.70. The Kier molecular flexibility index (Phi) is 3.85. The van der Waals surface area contributed by atoms with Gasteiger partial charge in [-0.2, -0.15) is 13.2 Å². The molecule has 0 saturated carbocycles. The van der Waals surface area contributed by atoms with Gasteiger partial charge in [-0.05, 0) is 24.3 Å². The number of anilines is 1. The second kappa shape index (κ2) is 5.83. The number of carbonyl (C=O) groups excluding carboxylic acids is 1. The van der Waals surface area contributed by atoms with Crippen molar-refractivity contribution in [1.29, 1.82) is 0 Å². The average molecular weight is 323 g/mol. The lowest BCUT2D eigenvalue weighted by molar-refractivity contribution is -0.137. The number of hydrogen-bond acceptors (Lipinski definition) is 3. The zero-order chi connectivity index (χ0) is 16.4. The first-order valence-electron chi connectivity index (χ1n) is 6.81. The molecule has 1 heterocycles. The highest BCUT2D eigenvalue weighted by atomic mass is 19.4. The van der Waals surface area contributed by atoms with E-state index in [0.717, 1.165) is 6.07 Å². The highest BCUT2D eigenvalue weighted by Crippen LogP contribution is 2.35. The molecule has 23 heavy (non-hydrogen) atoms. The second-order valence-electron chi connectivity index (χ2n) is 4.90. The van der Waals surface area contributed by atoms with Crippen LogP contribution in [0, 0.1) is 0 Å². The van der Waals surface area contributed by atoms with Gasteiger partial charge in [0.25, 0.3) is 5.91 Å². The van der Waals surface area contributed by atoms with Crippen LogP contribution in [0.5, 0.6) is 11.5 Å². The van der Waals surface area contributed by atoms with Crippen LogP contribution in [0.3, 0.4) is 0 Å². The quantitative estimate of drug-likeness (QED) is 0.920. The third kappa shape index (κ3) is 3.23. The predicted octanol–water partition coefficient (Wildman–Crippen LogP) is 3.48. The van der Waals surface area contributed by atoms with Crippen molar-refractivity contribution in [3.63, 3.8) is 0 Å². The Morgan fingerprint density at radius 2 is 1.70 bits per heavy atom. The van der Waals surface area contributed by atoms with E-state index >= 15 is 0 Å². The summed E-state index contributed by atoms with van der Waals surface area (Å²) in [5, 5.41) is 2.25. The van der Waals surface area contributed by atoms with Crippen molar-refractivity contribution < 1.29 is 27.4 Å². The van der Waals surface area contributed by atoms with Crippen LogP contribution in [0.25, 0.3) is 0 Å². The van der Waals surface area contributed by atoms with E-state index in [9.17, 15) is 18.0 Å². The maximum Gasteiger partial charge on any atom is 0.418 e. The number of carbonyl (C=O) groups is 1. The minimum Gasteiger partial charge on any atom is -0.485 e. The molecule has 2 aromatic rings. The molecular weight excluding hydrogens is 311 g/mol. The molecule has 120 valence electrons. The molecule has 0 fully saturated rings. The molecule has 0 spiro atoms. The van der Waals surface area contributed by atoms with Gasteiger partial charge >= 0.3 is 6.18 Å². The van der Waals surface area contributed by atoms with Gasteiger partial charge in [0, 0.05) is 0 Å². The predicted molar refractivity (Wildman–Crippen MR) is 76.4 cm³/mol. The number of alkyl halides is 3. The Bertz CT molecular complexity index is 731. The van der Waals surface area contributed by atoms with E-state index < -0.39 is 23.8 Å². The van der Waals surface area contributed by atoms with E-state index in [1.165, 1.54) is 18.2 Å². The fourth-order valence-electron chi connectivity index (χ4n) is 2.20. The lowest BCUT2D eigenvalue weighted by Gasteiger charge is -2.26. The summed E-state index contributed by atoms with van der Waals surface area (Å²) in [4.78, 5) is 12.2. The number of para-hydroxylation sites is 3. The fraction of sp³-hybridized carbons (Fsp3) is 0.188. The van der Waals surface area contributed by atoms with E-state index in [1.807, 2.05) is 0 Å². The molecule has 0 radical (unpaired) electrons. The topological polar surface area (TPSA) is 47.6 Å². The Morgan fingerprint density at radius 3 is 2.43 bits per heavy atom. The van der Waals surface area contributed by atoms with Crippen molar-refractivity contribution in [2.24, 2.45) is 0 Å². The zero-order valence-electron chi connectivity index (χ0n) is 11.8. The number of benzene rings is 2. The first-order chi connectivity index (χ1) is 10.9. The lowest BCUT2D eigenvalue weighted by atomic mass is 10.1. The third-order valence-electron chi connectivity index (χ3n) is 3.29. The number of rotatable bonds is 2. The van der Waals surface area contributed by atoms with Crippen molar-refractivity contribution >= 4 is 11.6 Å². The van der Waals surface area contributed by atoms with Gasteiger partial charge in [-0.25, -0.2) is 0 Å². The summed E-state index contributed by atoms with van der Waals surface area (Å²) >= 11 is 0. The largest absolute Gasteiger partial charge is 0.485 e. The molecule has 0 aliphatic carbocycles. The number of amides is 1. The van der Waals surface area contributed by atoms with Gasteiger partial charge in [0.05, 0.1) is 11.3 Å². The molecule has 7 heteroatoms. The molecule has 4 nitrogen and oxygen atoms in total. The van der Waals surface area contributed by atoms with Crippen LogP contribution in [0.1, 0.15) is 5.56 Å². The number of halogens is 3. The van der Waals surface area contributed by atoms with Crippen LogP contribution in [0.4, 0.5) is 18.9 Å². The van der Waals surface area contributed by atoms with Gasteiger partial charge in [0.1, 0.15) is 6.61 Å². The first kappa shape index (κ1) is 15.2. The van der Waals surface area contributed by atoms with Crippen molar-refractivity contribution in [3.05, 3.63) is 54.1 Å². The van der Waals surface area contributed by atoms with E-state index in [-0.39, 0.29) is 12.3 Å². The normalized spacial score (nSPS) is 16.7. The molecule has 1 aliphatic rings. The molecule has 2 aromatic carbocycles. The summed E-state index contributed by atoms with van der Waals surface area (Å²) in [7, 11) is 0. The van der Waals surface area contributed by atoms with E-state index in [2.05, 4.69) is 5.32 Å². The molecule has 1 aliphatic heterocycles.